The highest BCUT2D eigenvalue weighted by Crippen LogP contribution is 2.52. The molecular formula is C16H21F3NO4+. The zero-order valence-electron chi connectivity index (χ0n) is 13.8. The predicted molar refractivity (Wildman–Crippen MR) is 79.2 cm³/mol. The highest BCUT2D eigenvalue weighted by atomic mass is 19.4. The van der Waals surface area contributed by atoms with Crippen molar-refractivity contribution >= 4 is 0 Å². The Kier molecular flexibility index (Phi) is 4.08. The second kappa shape index (κ2) is 5.70. The third-order valence-corrected chi connectivity index (χ3v) is 4.91. The van der Waals surface area contributed by atoms with Crippen molar-refractivity contribution < 1.29 is 37.0 Å². The summed E-state index contributed by atoms with van der Waals surface area (Å²) in [5.41, 5.74) is 1.55. The number of hydrogen-bond donors (Lipinski definition) is 1. The molecule has 0 amide bonds. The topological polar surface area (TPSA) is 47.9 Å². The number of benzene rings is 1. The molecule has 0 radical (unpaired) electrons. The Balaban J connectivity index is 2.09. The van der Waals surface area contributed by atoms with Crippen LogP contribution in [0.2, 0.25) is 0 Å². The van der Waals surface area contributed by atoms with Crippen LogP contribution in [0.4, 0.5) is 13.2 Å². The van der Waals surface area contributed by atoms with Gasteiger partial charge in [-0.2, -0.15) is 13.2 Å². The first-order valence-electron chi connectivity index (χ1n) is 7.72. The average molecular weight is 348 g/mol. The Morgan fingerprint density at radius 3 is 2.71 bits per heavy atom. The minimum atomic E-state index is -4.65. The molecule has 0 fully saturated rings. The van der Waals surface area contributed by atoms with Gasteiger partial charge in [0.05, 0.1) is 33.3 Å². The minimum Gasteiger partial charge on any atom is -0.492 e. The molecule has 134 valence electrons. The quantitative estimate of drug-likeness (QED) is 0.853. The van der Waals surface area contributed by atoms with Crippen LogP contribution in [0.5, 0.6) is 17.2 Å². The number of aliphatic hydroxyl groups excluding tert-OH is 1. The largest absolute Gasteiger partial charge is 0.492 e. The monoisotopic (exact) mass is 348 g/mol. The molecule has 5 nitrogen and oxygen atoms in total. The van der Waals surface area contributed by atoms with Gasteiger partial charge in [-0.15, -0.1) is 0 Å². The third-order valence-electron chi connectivity index (χ3n) is 4.91. The molecule has 0 saturated heterocycles. The zero-order valence-corrected chi connectivity index (χ0v) is 13.8. The number of nitrogens with zero attached hydrogens (tertiary/aromatic N) is 1. The molecule has 2 aliphatic rings. The lowest BCUT2D eigenvalue weighted by Crippen LogP contribution is -2.50. The van der Waals surface area contributed by atoms with Crippen LogP contribution in [0.15, 0.2) is 6.07 Å². The minimum absolute atomic E-state index is 0.0582. The van der Waals surface area contributed by atoms with E-state index >= 15 is 0 Å². The lowest BCUT2D eigenvalue weighted by Gasteiger charge is -2.44. The van der Waals surface area contributed by atoms with Crippen molar-refractivity contribution in [2.75, 3.05) is 34.5 Å². The van der Waals surface area contributed by atoms with E-state index in [4.69, 9.17) is 14.2 Å². The number of halogens is 3. The van der Waals surface area contributed by atoms with E-state index in [2.05, 4.69) is 0 Å². The highest BCUT2D eigenvalue weighted by Gasteiger charge is 2.47. The van der Waals surface area contributed by atoms with Crippen LogP contribution in [0, 0.1) is 0 Å². The van der Waals surface area contributed by atoms with Gasteiger partial charge in [-0.25, -0.2) is 0 Å². The lowest BCUT2D eigenvalue weighted by atomic mass is 9.86. The van der Waals surface area contributed by atoms with E-state index in [0.29, 0.717) is 40.3 Å². The number of methoxy groups -OCH3 is 1. The molecule has 0 aliphatic carbocycles. The molecule has 0 saturated carbocycles. The van der Waals surface area contributed by atoms with Gasteiger partial charge in [0, 0.05) is 12.8 Å². The lowest BCUT2D eigenvalue weighted by molar-refractivity contribution is -0.924. The summed E-state index contributed by atoms with van der Waals surface area (Å²) in [5, 5.41) is 9.62. The number of aliphatic hydroxyl groups is 1. The Bertz CT molecular complexity index is 645. The number of hydrogen-bond acceptors (Lipinski definition) is 4. The summed E-state index contributed by atoms with van der Waals surface area (Å²) in [7, 11) is 5.19. The highest BCUT2D eigenvalue weighted by molar-refractivity contribution is 5.61. The van der Waals surface area contributed by atoms with Crippen molar-refractivity contribution in [3.8, 4) is 17.2 Å². The molecule has 0 unspecified atom stereocenters. The van der Waals surface area contributed by atoms with Crippen molar-refractivity contribution in [2.24, 2.45) is 0 Å². The summed E-state index contributed by atoms with van der Waals surface area (Å²) in [6.45, 7) is 0.716. The Labute approximate surface area is 138 Å². The van der Waals surface area contributed by atoms with Crippen LogP contribution in [0.1, 0.15) is 23.6 Å². The van der Waals surface area contributed by atoms with Gasteiger partial charge in [0.1, 0.15) is 6.04 Å². The third kappa shape index (κ3) is 2.77. The van der Waals surface area contributed by atoms with Gasteiger partial charge in [-0.1, -0.05) is 0 Å². The number of rotatable bonds is 3. The van der Waals surface area contributed by atoms with Crippen molar-refractivity contribution in [1.82, 2.24) is 0 Å². The standard InChI is InChI=1S/C16H21F3NO4/c1-20(2)5-4-9-6-11-14(24-8-23-11)15(22-3)13(9)10(20)7-12(21)16(17,18)19/h6,10,12,21H,4-5,7-8H2,1-3H3/q+1/t10-,12-/m1/s1. The van der Waals surface area contributed by atoms with Crippen molar-refractivity contribution in [3.63, 3.8) is 0 Å². The number of quaternary nitrogens is 1. The van der Waals surface area contributed by atoms with E-state index < -0.39 is 24.7 Å². The maximum absolute atomic E-state index is 12.9. The zero-order chi connectivity index (χ0) is 17.7. The maximum atomic E-state index is 12.9. The Morgan fingerprint density at radius 2 is 2.08 bits per heavy atom. The summed E-state index contributed by atoms with van der Waals surface area (Å²) in [5.74, 6) is 1.38. The van der Waals surface area contributed by atoms with E-state index in [1.807, 2.05) is 20.2 Å². The molecule has 1 aromatic rings. The molecule has 1 N–H and O–H groups in total. The first-order valence-corrected chi connectivity index (χ1v) is 7.72. The van der Waals surface area contributed by atoms with Gasteiger partial charge in [-0.3, -0.25) is 0 Å². The van der Waals surface area contributed by atoms with Crippen LogP contribution < -0.4 is 14.2 Å². The molecule has 2 heterocycles. The van der Waals surface area contributed by atoms with Crippen LogP contribution in [0.25, 0.3) is 0 Å². The van der Waals surface area contributed by atoms with Crippen molar-refractivity contribution in [2.45, 2.75) is 31.2 Å². The number of ether oxygens (including phenoxy) is 3. The number of fused-ring (bicyclic) bond motifs is 2. The molecule has 24 heavy (non-hydrogen) atoms. The van der Waals surface area contributed by atoms with E-state index in [1.54, 1.807) is 0 Å². The molecule has 0 aromatic heterocycles. The van der Waals surface area contributed by atoms with Gasteiger partial charge in [0.2, 0.25) is 12.5 Å². The smallest absolute Gasteiger partial charge is 0.414 e. The molecule has 8 heteroatoms. The van der Waals surface area contributed by atoms with Crippen molar-refractivity contribution in [1.29, 1.82) is 0 Å². The first kappa shape index (κ1) is 17.2. The fourth-order valence-corrected chi connectivity index (χ4v) is 3.51. The van der Waals surface area contributed by atoms with Gasteiger partial charge < -0.3 is 23.8 Å². The maximum Gasteiger partial charge on any atom is 0.414 e. The van der Waals surface area contributed by atoms with Crippen LogP contribution in [-0.2, 0) is 6.42 Å². The fourth-order valence-electron chi connectivity index (χ4n) is 3.51. The molecule has 2 atom stereocenters. The summed E-state index contributed by atoms with van der Waals surface area (Å²) in [6.07, 6.45) is -6.78. The number of likely N-dealkylation sites (N-methyl/N-ethyl adjacent to an activating group) is 1. The Morgan fingerprint density at radius 1 is 1.38 bits per heavy atom. The van der Waals surface area contributed by atoms with E-state index in [0.717, 1.165) is 5.56 Å². The fraction of sp³-hybridized carbons (Fsp3) is 0.625. The van der Waals surface area contributed by atoms with E-state index in [-0.39, 0.29) is 6.79 Å². The molecule has 3 rings (SSSR count). The summed E-state index contributed by atoms with van der Waals surface area (Å²) in [4.78, 5) is 0. The molecule has 1 aromatic carbocycles. The molecule has 2 aliphatic heterocycles. The summed E-state index contributed by atoms with van der Waals surface area (Å²) < 4.78 is 55.3. The number of alkyl halides is 3. The first-order chi connectivity index (χ1) is 11.1. The van der Waals surface area contributed by atoms with Crippen molar-refractivity contribution in [3.05, 3.63) is 17.2 Å². The SMILES string of the molecule is COc1c2c(cc3c1[C@@H](C[C@@H](O)C(F)(F)F)[N+](C)(C)CC3)OCO2. The average Bonchev–Trinajstić information content (AvgIpc) is 2.95. The second-order valence-corrected chi connectivity index (χ2v) is 6.78. The summed E-state index contributed by atoms with van der Waals surface area (Å²) >= 11 is 0. The van der Waals surface area contributed by atoms with Crippen LogP contribution in [-0.4, -0.2) is 56.4 Å². The molecule has 0 bridgehead atoms. The van der Waals surface area contributed by atoms with Gasteiger partial charge in [-0.05, 0) is 11.6 Å². The second-order valence-electron chi connectivity index (χ2n) is 6.78. The molecular weight excluding hydrogens is 327 g/mol. The van der Waals surface area contributed by atoms with E-state index in [1.165, 1.54) is 7.11 Å². The predicted octanol–water partition coefficient (Wildman–Crippen LogP) is 2.41. The van der Waals surface area contributed by atoms with Gasteiger partial charge >= 0.3 is 6.18 Å². The van der Waals surface area contributed by atoms with Crippen LogP contribution in [0.3, 0.4) is 0 Å². The van der Waals surface area contributed by atoms with Crippen LogP contribution >= 0.6 is 0 Å². The van der Waals surface area contributed by atoms with Gasteiger partial charge in [0.25, 0.3) is 0 Å². The normalized spacial score (nSPS) is 22.9. The van der Waals surface area contributed by atoms with Gasteiger partial charge in [0.15, 0.2) is 17.6 Å². The summed E-state index contributed by atoms with van der Waals surface area (Å²) in [6, 6.07) is 1.25. The van der Waals surface area contributed by atoms with E-state index in [9.17, 15) is 18.3 Å². The Hall–Kier alpha value is -1.67. The molecule has 0 spiro atoms.